The van der Waals surface area contributed by atoms with E-state index < -0.39 is 0 Å². The number of carbonyl (C=O) groups excluding carboxylic acids is 1. The number of amides is 1. The van der Waals surface area contributed by atoms with Crippen molar-refractivity contribution in [2.45, 2.75) is 52.0 Å². The highest BCUT2D eigenvalue weighted by molar-refractivity contribution is 7.15. The van der Waals surface area contributed by atoms with E-state index in [1.54, 1.807) is 11.3 Å². The van der Waals surface area contributed by atoms with Crippen LogP contribution in [0.3, 0.4) is 0 Å². The molecule has 0 aromatic carbocycles. The van der Waals surface area contributed by atoms with Gasteiger partial charge in [-0.05, 0) is 19.8 Å². The summed E-state index contributed by atoms with van der Waals surface area (Å²) in [4.78, 5) is 13.5. The average molecular weight is 282 g/mol. The Labute approximate surface area is 118 Å². The summed E-state index contributed by atoms with van der Waals surface area (Å²) in [7, 11) is 0. The van der Waals surface area contributed by atoms with Crippen molar-refractivity contribution in [3.63, 3.8) is 0 Å². The van der Waals surface area contributed by atoms with Crippen molar-refractivity contribution in [2.24, 2.45) is 11.7 Å². The number of hydrogen-bond acceptors (Lipinski definition) is 5. The summed E-state index contributed by atoms with van der Waals surface area (Å²) in [6.45, 7) is 9.21. The number of hydrogen-bond donors (Lipinski definition) is 1. The summed E-state index contributed by atoms with van der Waals surface area (Å²) in [5, 5.41) is 10.5. The third kappa shape index (κ3) is 3.05. The predicted octanol–water partition coefficient (Wildman–Crippen LogP) is 1.93. The van der Waals surface area contributed by atoms with Crippen LogP contribution < -0.4 is 10.6 Å². The zero-order valence-electron chi connectivity index (χ0n) is 12.0. The molecule has 2 N–H and O–H groups in total. The normalized spacial score (nSPS) is 24.5. The van der Waals surface area contributed by atoms with E-state index in [0.717, 1.165) is 23.0 Å². The Hall–Kier alpha value is -1.17. The van der Waals surface area contributed by atoms with Crippen LogP contribution in [0.15, 0.2) is 0 Å². The summed E-state index contributed by atoms with van der Waals surface area (Å²) in [6.07, 6.45) is 1.84. The zero-order chi connectivity index (χ0) is 14.2. The van der Waals surface area contributed by atoms with Gasteiger partial charge in [-0.25, -0.2) is 0 Å². The molecule has 1 aliphatic heterocycles. The molecule has 5 nitrogen and oxygen atoms in total. The molecule has 1 saturated heterocycles. The van der Waals surface area contributed by atoms with E-state index in [4.69, 9.17) is 5.73 Å². The maximum Gasteiger partial charge on any atom is 0.222 e. The standard InChI is InChI=1S/C13H22N4OS/c1-8-5-6-9(10(14)18)7-17(8)12-16-15-11(19-12)13(2,3)4/h8-9H,5-7H2,1-4H3,(H2,14,18). The Morgan fingerprint density at radius 1 is 1.37 bits per heavy atom. The minimum atomic E-state index is -0.211. The van der Waals surface area contributed by atoms with Gasteiger partial charge in [-0.3, -0.25) is 4.79 Å². The number of carbonyl (C=O) groups is 1. The minimum absolute atomic E-state index is 0.0119. The largest absolute Gasteiger partial charge is 0.369 e. The monoisotopic (exact) mass is 282 g/mol. The molecule has 2 unspecified atom stereocenters. The lowest BCUT2D eigenvalue weighted by molar-refractivity contribution is -0.122. The molecule has 1 aromatic heterocycles. The number of rotatable bonds is 2. The molecule has 0 aliphatic carbocycles. The minimum Gasteiger partial charge on any atom is -0.369 e. The molecular weight excluding hydrogens is 260 g/mol. The molecule has 19 heavy (non-hydrogen) atoms. The molecule has 0 radical (unpaired) electrons. The van der Waals surface area contributed by atoms with Crippen LogP contribution in [0.2, 0.25) is 0 Å². The number of anilines is 1. The lowest BCUT2D eigenvalue weighted by atomic mass is 9.93. The number of piperidine rings is 1. The van der Waals surface area contributed by atoms with Crippen molar-refractivity contribution in [1.29, 1.82) is 0 Å². The molecule has 1 aromatic rings. The Morgan fingerprint density at radius 2 is 2.05 bits per heavy atom. The molecule has 2 rings (SSSR count). The molecule has 2 heterocycles. The van der Waals surface area contributed by atoms with Gasteiger partial charge in [-0.2, -0.15) is 0 Å². The average Bonchev–Trinajstić information content (AvgIpc) is 2.78. The van der Waals surface area contributed by atoms with Crippen molar-refractivity contribution < 1.29 is 4.79 Å². The number of nitrogens with zero attached hydrogens (tertiary/aromatic N) is 3. The summed E-state index contributed by atoms with van der Waals surface area (Å²) < 4.78 is 0. The van der Waals surface area contributed by atoms with Crippen molar-refractivity contribution in [3.05, 3.63) is 5.01 Å². The third-order valence-corrected chi connectivity index (χ3v) is 4.97. The molecule has 1 aliphatic rings. The Morgan fingerprint density at radius 3 is 2.58 bits per heavy atom. The van der Waals surface area contributed by atoms with Crippen molar-refractivity contribution in [2.75, 3.05) is 11.4 Å². The van der Waals surface area contributed by atoms with E-state index in [9.17, 15) is 4.79 Å². The van der Waals surface area contributed by atoms with Gasteiger partial charge in [0.2, 0.25) is 11.0 Å². The zero-order valence-corrected chi connectivity index (χ0v) is 12.8. The van der Waals surface area contributed by atoms with E-state index >= 15 is 0 Å². The highest BCUT2D eigenvalue weighted by Crippen LogP contribution is 2.33. The lowest BCUT2D eigenvalue weighted by Crippen LogP contribution is -2.45. The van der Waals surface area contributed by atoms with Gasteiger partial charge < -0.3 is 10.6 Å². The van der Waals surface area contributed by atoms with Gasteiger partial charge in [-0.1, -0.05) is 32.1 Å². The molecule has 6 heteroatoms. The predicted molar refractivity (Wildman–Crippen MR) is 77.3 cm³/mol. The van der Waals surface area contributed by atoms with Gasteiger partial charge in [0.05, 0.1) is 5.92 Å². The Bertz CT molecular complexity index is 465. The van der Waals surface area contributed by atoms with E-state index in [2.05, 4.69) is 42.8 Å². The molecule has 0 bridgehead atoms. The second-order valence-corrected chi connectivity index (χ2v) is 7.27. The van der Waals surface area contributed by atoms with Gasteiger partial charge in [0.15, 0.2) is 0 Å². The van der Waals surface area contributed by atoms with Crippen LogP contribution in [0, 0.1) is 5.92 Å². The number of primary amides is 1. The quantitative estimate of drug-likeness (QED) is 0.899. The van der Waals surface area contributed by atoms with Crippen molar-refractivity contribution in [3.8, 4) is 0 Å². The fraction of sp³-hybridized carbons (Fsp3) is 0.769. The molecule has 2 atom stereocenters. The maximum absolute atomic E-state index is 11.4. The van der Waals surface area contributed by atoms with Crippen molar-refractivity contribution in [1.82, 2.24) is 10.2 Å². The van der Waals surface area contributed by atoms with Crippen LogP contribution >= 0.6 is 11.3 Å². The highest BCUT2D eigenvalue weighted by atomic mass is 32.1. The fourth-order valence-electron chi connectivity index (χ4n) is 2.24. The first kappa shape index (κ1) is 14.2. The van der Waals surface area contributed by atoms with Gasteiger partial charge in [0.25, 0.3) is 0 Å². The molecular formula is C13H22N4OS. The summed E-state index contributed by atoms with van der Waals surface area (Å²) in [6, 6.07) is 0.386. The first-order chi connectivity index (χ1) is 8.79. The summed E-state index contributed by atoms with van der Waals surface area (Å²) in [5.41, 5.74) is 5.44. The Balaban J connectivity index is 2.19. The van der Waals surface area contributed by atoms with E-state index in [1.165, 1.54) is 0 Å². The van der Waals surface area contributed by atoms with Gasteiger partial charge in [0.1, 0.15) is 5.01 Å². The van der Waals surface area contributed by atoms with Crippen LogP contribution in [0.4, 0.5) is 5.13 Å². The van der Waals surface area contributed by atoms with Crippen LogP contribution in [-0.2, 0) is 10.2 Å². The molecule has 1 amide bonds. The third-order valence-electron chi connectivity index (χ3n) is 3.59. The lowest BCUT2D eigenvalue weighted by Gasteiger charge is -2.36. The van der Waals surface area contributed by atoms with Crippen LogP contribution in [-0.4, -0.2) is 28.7 Å². The molecule has 0 spiro atoms. The maximum atomic E-state index is 11.4. The molecule has 1 fully saturated rings. The summed E-state index contributed by atoms with van der Waals surface area (Å²) >= 11 is 1.62. The molecule has 106 valence electrons. The van der Waals surface area contributed by atoms with Crippen LogP contribution in [0.1, 0.15) is 45.5 Å². The van der Waals surface area contributed by atoms with E-state index in [1.807, 2.05) is 0 Å². The number of nitrogens with two attached hydrogens (primary N) is 1. The van der Waals surface area contributed by atoms with Gasteiger partial charge >= 0.3 is 0 Å². The second-order valence-electron chi connectivity index (χ2n) is 6.32. The van der Waals surface area contributed by atoms with Gasteiger partial charge in [0, 0.05) is 18.0 Å². The van der Waals surface area contributed by atoms with Crippen molar-refractivity contribution >= 4 is 22.4 Å². The highest BCUT2D eigenvalue weighted by Gasteiger charge is 2.31. The number of aromatic nitrogens is 2. The summed E-state index contributed by atoms with van der Waals surface area (Å²) in [5.74, 6) is -0.282. The second kappa shape index (κ2) is 5.07. The smallest absolute Gasteiger partial charge is 0.222 e. The SMILES string of the molecule is CC1CCC(C(N)=O)CN1c1nnc(C(C)(C)C)s1. The van der Waals surface area contributed by atoms with E-state index in [-0.39, 0.29) is 17.2 Å². The Kier molecular flexibility index (Phi) is 3.80. The topological polar surface area (TPSA) is 72.1 Å². The fourth-order valence-corrected chi connectivity index (χ4v) is 3.25. The first-order valence-electron chi connectivity index (χ1n) is 6.69. The van der Waals surface area contributed by atoms with E-state index in [0.29, 0.717) is 12.6 Å². The van der Waals surface area contributed by atoms with Crippen LogP contribution in [0.25, 0.3) is 0 Å². The van der Waals surface area contributed by atoms with Crippen LogP contribution in [0.5, 0.6) is 0 Å². The van der Waals surface area contributed by atoms with Gasteiger partial charge in [-0.15, -0.1) is 10.2 Å². The first-order valence-corrected chi connectivity index (χ1v) is 7.50. The molecule has 0 saturated carbocycles.